The molecule has 0 spiro atoms. The number of rotatable bonds is 3. The van der Waals surface area contributed by atoms with Gasteiger partial charge in [0, 0.05) is 23.0 Å². The van der Waals surface area contributed by atoms with Crippen molar-refractivity contribution < 1.29 is 9.59 Å². The standard InChI is InChI=1S/C12H15N3O2S.ClH/c1-7(5-13)14-12(17)8-2-3-10-9(4-8)15-11(16)6-18-10;/h2-4,7H,5-6,13H2,1H3,(H,14,17)(H,15,16);1H/t7-;/m0./s1. The summed E-state index contributed by atoms with van der Waals surface area (Å²) in [6, 6.07) is 5.22. The Kier molecular flexibility index (Phi) is 5.65. The molecule has 0 saturated heterocycles. The lowest BCUT2D eigenvalue weighted by Gasteiger charge is -2.17. The van der Waals surface area contributed by atoms with Gasteiger partial charge in [0.2, 0.25) is 5.91 Å². The molecule has 5 nitrogen and oxygen atoms in total. The second-order valence-corrected chi connectivity index (χ2v) is 5.18. The molecule has 0 fully saturated rings. The molecule has 1 aromatic carbocycles. The predicted octanol–water partition coefficient (Wildman–Crippen LogP) is 1.23. The highest BCUT2D eigenvalue weighted by molar-refractivity contribution is 8.00. The third kappa shape index (κ3) is 3.86. The number of hydrogen-bond donors (Lipinski definition) is 3. The van der Waals surface area contributed by atoms with Crippen molar-refractivity contribution >= 4 is 41.7 Å². The molecule has 0 radical (unpaired) electrons. The highest BCUT2D eigenvalue weighted by Gasteiger charge is 2.17. The van der Waals surface area contributed by atoms with Gasteiger partial charge in [0.25, 0.3) is 5.91 Å². The van der Waals surface area contributed by atoms with Gasteiger partial charge < -0.3 is 16.4 Å². The Hall–Kier alpha value is -1.24. The summed E-state index contributed by atoms with van der Waals surface area (Å²) in [6.07, 6.45) is 0. The number of thioether (sulfide) groups is 1. The van der Waals surface area contributed by atoms with Crippen molar-refractivity contribution in [3.8, 4) is 0 Å². The second kappa shape index (κ2) is 6.79. The van der Waals surface area contributed by atoms with Crippen molar-refractivity contribution in [2.75, 3.05) is 17.6 Å². The van der Waals surface area contributed by atoms with Gasteiger partial charge in [-0.2, -0.15) is 0 Å². The van der Waals surface area contributed by atoms with Crippen LogP contribution in [-0.4, -0.2) is 30.2 Å². The zero-order valence-corrected chi connectivity index (χ0v) is 12.1. The van der Waals surface area contributed by atoms with Gasteiger partial charge in [-0.1, -0.05) is 0 Å². The van der Waals surface area contributed by atoms with Gasteiger partial charge in [-0.3, -0.25) is 9.59 Å². The summed E-state index contributed by atoms with van der Waals surface area (Å²) in [5.41, 5.74) is 6.68. The second-order valence-electron chi connectivity index (χ2n) is 4.16. The lowest BCUT2D eigenvalue weighted by Crippen LogP contribution is -2.37. The molecule has 0 bridgehead atoms. The monoisotopic (exact) mass is 301 g/mol. The number of nitrogens with two attached hydrogens (primary N) is 1. The fraction of sp³-hybridized carbons (Fsp3) is 0.333. The number of nitrogens with one attached hydrogen (secondary N) is 2. The smallest absolute Gasteiger partial charge is 0.251 e. The van der Waals surface area contributed by atoms with Crippen molar-refractivity contribution in [3.63, 3.8) is 0 Å². The molecular formula is C12H16ClN3O2S. The number of hydrogen-bond acceptors (Lipinski definition) is 4. The van der Waals surface area contributed by atoms with Gasteiger partial charge >= 0.3 is 0 Å². The number of carbonyl (C=O) groups is 2. The number of anilines is 1. The first-order chi connectivity index (χ1) is 8.60. The summed E-state index contributed by atoms with van der Waals surface area (Å²) in [5, 5.41) is 5.54. The molecule has 19 heavy (non-hydrogen) atoms. The number of fused-ring (bicyclic) bond motifs is 1. The molecule has 2 rings (SSSR count). The van der Waals surface area contributed by atoms with Crippen LogP contribution in [-0.2, 0) is 4.79 Å². The van der Waals surface area contributed by atoms with Gasteiger partial charge in [0.05, 0.1) is 11.4 Å². The van der Waals surface area contributed by atoms with E-state index < -0.39 is 0 Å². The SMILES string of the molecule is C[C@@H](CN)NC(=O)c1ccc2c(c1)NC(=O)CS2.Cl. The van der Waals surface area contributed by atoms with Crippen LogP contribution in [0.3, 0.4) is 0 Å². The summed E-state index contributed by atoms with van der Waals surface area (Å²) < 4.78 is 0. The number of carbonyl (C=O) groups excluding carboxylic acids is 2. The number of halogens is 1. The Morgan fingerprint density at radius 3 is 3.00 bits per heavy atom. The van der Waals surface area contributed by atoms with Crippen LogP contribution in [0.5, 0.6) is 0 Å². The van der Waals surface area contributed by atoms with E-state index in [9.17, 15) is 9.59 Å². The summed E-state index contributed by atoms with van der Waals surface area (Å²) >= 11 is 1.47. The Balaban J connectivity index is 0.00000180. The zero-order chi connectivity index (χ0) is 13.1. The van der Waals surface area contributed by atoms with Gasteiger partial charge in [0.15, 0.2) is 0 Å². The van der Waals surface area contributed by atoms with Gasteiger partial charge in [-0.15, -0.1) is 24.2 Å². The molecule has 1 aromatic rings. The number of amides is 2. The van der Waals surface area contributed by atoms with E-state index in [1.54, 1.807) is 12.1 Å². The van der Waals surface area contributed by atoms with Gasteiger partial charge in [0.1, 0.15) is 0 Å². The van der Waals surface area contributed by atoms with E-state index in [0.29, 0.717) is 23.5 Å². The Morgan fingerprint density at radius 1 is 1.58 bits per heavy atom. The van der Waals surface area contributed by atoms with Gasteiger partial charge in [-0.25, -0.2) is 0 Å². The minimum atomic E-state index is -0.180. The highest BCUT2D eigenvalue weighted by Crippen LogP contribution is 2.31. The number of benzene rings is 1. The fourth-order valence-corrected chi connectivity index (χ4v) is 2.38. The Bertz CT molecular complexity index is 496. The topological polar surface area (TPSA) is 84.2 Å². The largest absolute Gasteiger partial charge is 0.348 e. The molecule has 4 N–H and O–H groups in total. The van der Waals surface area contributed by atoms with E-state index in [-0.39, 0.29) is 30.3 Å². The average Bonchev–Trinajstić information content (AvgIpc) is 2.37. The first kappa shape index (κ1) is 15.8. The highest BCUT2D eigenvalue weighted by atomic mass is 35.5. The third-order valence-corrected chi connectivity index (χ3v) is 3.68. The maximum absolute atomic E-state index is 11.9. The van der Waals surface area contributed by atoms with Crippen LogP contribution in [0.15, 0.2) is 23.1 Å². The molecule has 0 aromatic heterocycles. The van der Waals surface area contributed by atoms with Gasteiger partial charge in [-0.05, 0) is 25.1 Å². The summed E-state index contributed by atoms with van der Waals surface area (Å²) in [7, 11) is 0. The lowest BCUT2D eigenvalue weighted by atomic mass is 10.1. The maximum atomic E-state index is 11.9. The van der Waals surface area contributed by atoms with E-state index >= 15 is 0 Å². The predicted molar refractivity (Wildman–Crippen MR) is 79.0 cm³/mol. The maximum Gasteiger partial charge on any atom is 0.251 e. The molecule has 0 aliphatic carbocycles. The first-order valence-electron chi connectivity index (χ1n) is 5.68. The molecule has 1 aliphatic rings. The molecule has 2 amide bonds. The molecule has 0 unspecified atom stereocenters. The molecule has 1 heterocycles. The van der Waals surface area contributed by atoms with Crippen LogP contribution in [0.2, 0.25) is 0 Å². The van der Waals surface area contributed by atoms with Crippen LogP contribution in [0.1, 0.15) is 17.3 Å². The van der Waals surface area contributed by atoms with Crippen LogP contribution in [0.25, 0.3) is 0 Å². The van der Waals surface area contributed by atoms with E-state index in [2.05, 4.69) is 10.6 Å². The van der Waals surface area contributed by atoms with Crippen molar-refractivity contribution in [3.05, 3.63) is 23.8 Å². The van der Waals surface area contributed by atoms with E-state index in [1.807, 2.05) is 13.0 Å². The van der Waals surface area contributed by atoms with Crippen molar-refractivity contribution in [1.29, 1.82) is 0 Å². The molecule has 7 heteroatoms. The fourth-order valence-electron chi connectivity index (χ4n) is 1.59. The molecule has 104 valence electrons. The average molecular weight is 302 g/mol. The van der Waals surface area contributed by atoms with E-state index in [1.165, 1.54) is 11.8 Å². The third-order valence-electron chi connectivity index (χ3n) is 2.61. The first-order valence-corrected chi connectivity index (χ1v) is 6.66. The van der Waals surface area contributed by atoms with Crippen LogP contribution < -0.4 is 16.4 Å². The Labute approximate surface area is 122 Å². The molecule has 0 saturated carbocycles. The molecule has 1 atom stereocenters. The van der Waals surface area contributed by atoms with Crippen LogP contribution in [0, 0.1) is 0 Å². The zero-order valence-electron chi connectivity index (χ0n) is 10.4. The van der Waals surface area contributed by atoms with Crippen molar-refractivity contribution in [2.45, 2.75) is 17.9 Å². The summed E-state index contributed by atoms with van der Waals surface area (Å²) in [6.45, 7) is 2.23. The Morgan fingerprint density at radius 2 is 2.32 bits per heavy atom. The van der Waals surface area contributed by atoms with Crippen LogP contribution in [0.4, 0.5) is 5.69 Å². The van der Waals surface area contributed by atoms with Crippen LogP contribution >= 0.6 is 24.2 Å². The minimum absolute atomic E-state index is 0. The summed E-state index contributed by atoms with van der Waals surface area (Å²) in [4.78, 5) is 24.2. The normalized spacial score (nSPS) is 14.7. The van der Waals surface area contributed by atoms with E-state index in [4.69, 9.17) is 5.73 Å². The van der Waals surface area contributed by atoms with Crippen molar-refractivity contribution in [2.24, 2.45) is 5.73 Å². The summed E-state index contributed by atoms with van der Waals surface area (Å²) in [5.74, 6) is 0.198. The van der Waals surface area contributed by atoms with Crippen molar-refractivity contribution in [1.82, 2.24) is 5.32 Å². The molecular weight excluding hydrogens is 286 g/mol. The van der Waals surface area contributed by atoms with E-state index in [0.717, 1.165) is 4.90 Å². The minimum Gasteiger partial charge on any atom is -0.348 e. The lowest BCUT2D eigenvalue weighted by molar-refractivity contribution is -0.113. The molecule has 1 aliphatic heterocycles. The quantitative estimate of drug-likeness (QED) is 0.784.